The summed E-state index contributed by atoms with van der Waals surface area (Å²) in [6.07, 6.45) is 0.992. The molecule has 1 amide bonds. The van der Waals surface area contributed by atoms with Crippen LogP contribution in [0.5, 0.6) is 0 Å². The molecule has 1 aromatic rings. The van der Waals surface area contributed by atoms with Crippen molar-refractivity contribution in [3.05, 3.63) is 27.3 Å². The maximum Gasteiger partial charge on any atom is 0.223 e. The molecule has 0 aliphatic carbocycles. The van der Waals surface area contributed by atoms with Crippen LogP contribution in [0, 0.1) is 3.57 Å². The summed E-state index contributed by atoms with van der Waals surface area (Å²) in [4.78, 5) is 13.1. The second-order valence-corrected chi connectivity index (χ2v) is 4.33. The monoisotopic (exact) mass is 287 g/mol. The van der Waals surface area contributed by atoms with Gasteiger partial charge in [0, 0.05) is 17.0 Å². The number of fused-ring (bicyclic) bond motifs is 1. The lowest BCUT2D eigenvalue weighted by Gasteiger charge is -2.15. The molecular weight excluding hydrogens is 277 g/mol. The van der Waals surface area contributed by atoms with E-state index in [2.05, 4.69) is 28.7 Å². The van der Waals surface area contributed by atoms with Crippen molar-refractivity contribution in [2.24, 2.45) is 0 Å². The van der Waals surface area contributed by atoms with Gasteiger partial charge in [-0.2, -0.15) is 0 Å². The quantitative estimate of drug-likeness (QED) is 0.670. The Hall–Kier alpha value is -0.580. The highest BCUT2D eigenvalue weighted by Crippen LogP contribution is 2.32. The summed E-state index contributed by atoms with van der Waals surface area (Å²) in [6, 6.07) is 6.19. The van der Waals surface area contributed by atoms with Gasteiger partial charge in [-0.25, -0.2) is 0 Å². The molecule has 1 aliphatic rings. The summed E-state index contributed by atoms with van der Waals surface area (Å²) in [7, 11) is 0. The van der Waals surface area contributed by atoms with Gasteiger partial charge in [-0.1, -0.05) is 12.1 Å². The van der Waals surface area contributed by atoms with Crippen molar-refractivity contribution in [1.29, 1.82) is 0 Å². The Labute approximate surface area is 91.1 Å². The lowest BCUT2D eigenvalue weighted by molar-refractivity contribution is -0.116. The summed E-state index contributed by atoms with van der Waals surface area (Å²) in [5, 5.41) is 0. The van der Waals surface area contributed by atoms with Gasteiger partial charge < -0.3 is 4.90 Å². The van der Waals surface area contributed by atoms with Gasteiger partial charge in [-0.05, 0) is 40.6 Å². The Morgan fingerprint density at radius 3 is 3.00 bits per heavy atom. The molecule has 0 N–H and O–H groups in total. The van der Waals surface area contributed by atoms with Crippen molar-refractivity contribution in [3.8, 4) is 0 Å². The molecule has 1 heterocycles. The van der Waals surface area contributed by atoms with Crippen LogP contribution in [0.2, 0.25) is 0 Å². The SMILES string of the molecule is CC(=O)N1CCc2cccc(I)c21. The van der Waals surface area contributed by atoms with E-state index in [1.165, 1.54) is 9.13 Å². The fraction of sp³-hybridized carbons (Fsp3) is 0.300. The van der Waals surface area contributed by atoms with Crippen LogP contribution in [-0.2, 0) is 11.2 Å². The normalized spacial score (nSPS) is 14.5. The third-order valence-corrected chi connectivity index (χ3v) is 3.20. The molecule has 0 spiro atoms. The minimum absolute atomic E-state index is 0.142. The second-order valence-electron chi connectivity index (χ2n) is 3.17. The maximum absolute atomic E-state index is 11.3. The van der Waals surface area contributed by atoms with Crippen molar-refractivity contribution in [2.45, 2.75) is 13.3 Å². The number of benzene rings is 1. The third-order valence-electron chi connectivity index (χ3n) is 2.33. The molecule has 0 fully saturated rings. The van der Waals surface area contributed by atoms with E-state index in [4.69, 9.17) is 0 Å². The predicted octanol–water partition coefficient (Wildman–Crippen LogP) is 2.20. The van der Waals surface area contributed by atoms with Gasteiger partial charge in [0.1, 0.15) is 0 Å². The van der Waals surface area contributed by atoms with Gasteiger partial charge in [0.15, 0.2) is 0 Å². The fourth-order valence-corrected chi connectivity index (χ4v) is 2.57. The Morgan fingerprint density at radius 1 is 1.54 bits per heavy atom. The van der Waals surface area contributed by atoms with Crippen molar-refractivity contribution in [1.82, 2.24) is 0 Å². The number of hydrogen-bond acceptors (Lipinski definition) is 1. The zero-order valence-electron chi connectivity index (χ0n) is 7.38. The van der Waals surface area contributed by atoms with E-state index in [9.17, 15) is 4.79 Å². The topological polar surface area (TPSA) is 20.3 Å². The number of halogens is 1. The van der Waals surface area contributed by atoms with Crippen molar-refractivity contribution in [2.75, 3.05) is 11.4 Å². The van der Waals surface area contributed by atoms with E-state index >= 15 is 0 Å². The molecule has 0 atom stereocenters. The zero-order valence-corrected chi connectivity index (χ0v) is 9.54. The van der Waals surface area contributed by atoms with Gasteiger partial charge in [0.05, 0.1) is 5.69 Å². The van der Waals surface area contributed by atoms with Crippen LogP contribution >= 0.6 is 22.6 Å². The van der Waals surface area contributed by atoms with Crippen LogP contribution in [0.1, 0.15) is 12.5 Å². The van der Waals surface area contributed by atoms with Gasteiger partial charge in [0.2, 0.25) is 5.91 Å². The highest BCUT2D eigenvalue weighted by Gasteiger charge is 2.23. The second kappa shape index (κ2) is 3.29. The number of carbonyl (C=O) groups is 1. The largest absolute Gasteiger partial charge is 0.311 e. The number of hydrogen-bond donors (Lipinski definition) is 0. The van der Waals surface area contributed by atoms with Crippen LogP contribution in [0.15, 0.2) is 18.2 Å². The molecular formula is C10H10INO. The average Bonchev–Trinajstić information content (AvgIpc) is 2.49. The van der Waals surface area contributed by atoms with E-state index < -0.39 is 0 Å². The predicted molar refractivity (Wildman–Crippen MR) is 60.9 cm³/mol. The van der Waals surface area contributed by atoms with E-state index in [1.807, 2.05) is 17.0 Å². The molecule has 68 valence electrons. The molecule has 13 heavy (non-hydrogen) atoms. The number of anilines is 1. The number of carbonyl (C=O) groups excluding carboxylic acids is 1. The van der Waals surface area contributed by atoms with Gasteiger partial charge >= 0.3 is 0 Å². The van der Waals surface area contributed by atoms with E-state index in [0.717, 1.165) is 18.7 Å². The Morgan fingerprint density at radius 2 is 2.31 bits per heavy atom. The van der Waals surface area contributed by atoms with Crippen LogP contribution in [0.3, 0.4) is 0 Å². The molecule has 1 aromatic carbocycles. The van der Waals surface area contributed by atoms with E-state index in [0.29, 0.717) is 0 Å². The lowest BCUT2D eigenvalue weighted by Crippen LogP contribution is -2.26. The number of para-hydroxylation sites is 1. The standard InChI is InChI=1S/C10H10INO/c1-7(13)12-6-5-8-3-2-4-9(11)10(8)12/h2-4H,5-6H2,1H3. The van der Waals surface area contributed by atoms with Crippen LogP contribution in [0.4, 0.5) is 5.69 Å². The summed E-state index contributed by atoms with van der Waals surface area (Å²) in [5.41, 5.74) is 2.41. The summed E-state index contributed by atoms with van der Waals surface area (Å²) < 4.78 is 1.17. The highest BCUT2D eigenvalue weighted by atomic mass is 127. The molecule has 2 rings (SSSR count). The molecule has 0 unspecified atom stereocenters. The fourth-order valence-electron chi connectivity index (χ4n) is 1.72. The first kappa shape index (κ1) is 8.99. The summed E-state index contributed by atoms with van der Waals surface area (Å²) in [5.74, 6) is 0.142. The van der Waals surface area contributed by atoms with Crippen LogP contribution < -0.4 is 4.90 Å². The lowest BCUT2D eigenvalue weighted by atomic mass is 10.2. The molecule has 1 aliphatic heterocycles. The molecule has 2 nitrogen and oxygen atoms in total. The first-order valence-electron chi connectivity index (χ1n) is 4.25. The van der Waals surface area contributed by atoms with Crippen LogP contribution in [-0.4, -0.2) is 12.5 Å². The number of rotatable bonds is 0. The molecule has 0 bridgehead atoms. The molecule has 0 radical (unpaired) electrons. The van der Waals surface area contributed by atoms with Gasteiger partial charge in [-0.3, -0.25) is 4.79 Å². The maximum atomic E-state index is 11.3. The van der Waals surface area contributed by atoms with Crippen LogP contribution in [0.25, 0.3) is 0 Å². The Bertz CT molecular complexity index is 362. The number of nitrogens with zero attached hydrogens (tertiary/aromatic N) is 1. The van der Waals surface area contributed by atoms with Crippen molar-refractivity contribution < 1.29 is 4.79 Å². The zero-order chi connectivity index (χ0) is 9.42. The van der Waals surface area contributed by atoms with Crippen molar-refractivity contribution in [3.63, 3.8) is 0 Å². The van der Waals surface area contributed by atoms with E-state index in [1.54, 1.807) is 6.92 Å². The Kier molecular flexibility index (Phi) is 2.27. The Balaban J connectivity index is 2.52. The third kappa shape index (κ3) is 1.45. The van der Waals surface area contributed by atoms with Crippen molar-refractivity contribution >= 4 is 34.2 Å². The molecule has 3 heteroatoms. The first-order chi connectivity index (χ1) is 6.20. The number of amides is 1. The minimum atomic E-state index is 0.142. The molecule has 0 aromatic heterocycles. The minimum Gasteiger partial charge on any atom is -0.311 e. The molecule has 0 saturated carbocycles. The summed E-state index contributed by atoms with van der Waals surface area (Å²) in [6.45, 7) is 2.46. The van der Waals surface area contributed by atoms with E-state index in [-0.39, 0.29) is 5.91 Å². The molecule has 0 saturated heterocycles. The first-order valence-corrected chi connectivity index (χ1v) is 5.33. The smallest absolute Gasteiger partial charge is 0.223 e. The summed E-state index contributed by atoms with van der Waals surface area (Å²) >= 11 is 2.28. The van der Waals surface area contributed by atoms with Gasteiger partial charge in [-0.15, -0.1) is 0 Å². The average molecular weight is 287 g/mol. The van der Waals surface area contributed by atoms with Gasteiger partial charge in [0.25, 0.3) is 0 Å². The highest BCUT2D eigenvalue weighted by molar-refractivity contribution is 14.1.